The van der Waals surface area contributed by atoms with Crippen molar-refractivity contribution in [3.63, 3.8) is 0 Å². The Hall–Kier alpha value is -1.90. The fourth-order valence-electron chi connectivity index (χ4n) is 2.92. The van der Waals surface area contributed by atoms with Gasteiger partial charge in [0, 0.05) is 29.4 Å². The Labute approximate surface area is 122 Å². The van der Waals surface area contributed by atoms with Gasteiger partial charge in [0.25, 0.3) is 0 Å². The molecular weight excluding hydrogens is 268 g/mol. The Morgan fingerprint density at radius 2 is 2.35 bits per heavy atom. The molecule has 0 aliphatic carbocycles. The van der Waals surface area contributed by atoms with Gasteiger partial charge >= 0.3 is 0 Å². The summed E-state index contributed by atoms with van der Waals surface area (Å²) < 4.78 is 0. The van der Waals surface area contributed by atoms with Gasteiger partial charge in [-0.3, -0.25) is 0 Å². The molecule has 0 aromatic carbocycles. The fraction of sp³-hybridized carbons (Fsp3) is 0.333. The van der Waals surface area contributed by atoms with E-state index in [2.05, 4.69) is 29.9 Å². The zero-order valence-electron chi connectivity index (χ0n) is 11.6. The van der Waals surface area contributed by atoms with Gasteiger partial charge < -0.3 is 10.6 Å². The van der Waals surface area contributed by atoms with E-state index in [1.54, 1.807) is 11.3 Å². The van der Waals surface area contributed by atoms with Gasteiger partial charge in [-0.25, -0.2) is 4.98 Å². The average Bonchev–Trinajstić information content (AvgIpc) is 2.92. The molecule has 3 rings (SSSR count). The van der Waals surface area contributed by atoms with Crippen LogP contribution in [-0.4, -0.2) is 23.5 Å². The van der Waals surface area contributed by atoms with Gasteiger partial charge in [-0.2, -0.15) is 5.26 Å². The molecular formula is C15H16N4S. The maximum Gasteiger partial charge on any atom is 0.142 e. The van der Waals surface area contributed by atoms with Crippen molar-refractivity contribution in [2.45, 2.75) is 19.4 Å². The van der Waals surface area contributed by atoms with Crippen molar-refractivity contribution in [1.82, 2.24) is 9.88 Å². The molecule has 0 radical (unpaired) electrons. The molecule has 3 heterocycles. The standard InChI is InChI=1S/C15H16N4S/c1-9-7-19(2)8-11-13(12-4-3-5-20-12)10(6-16)15(17)18-14(9)11/h3-5,9H,7-8H2,1-2H3,(H2,17,18). The molecule has 2 aromatic heterocycles. The second-order valence-corrected chi connectivity index (χ2v) is 6.25. The summed E-state index contributed by atoms with van der Waals surface area (Å²) >= 11 is 1.64. The Balaban J connectivity index is 2.33. The normalized spacial score (nSPS) is 18.6. The molecule has 2 N–H and O–H groups in total. The van der Waals surface area contributed by atoms with Crippen molar-refractivity contribution in [2.75, 3.05) is 19.3 Å². The molecule has 0 saturated carbocycles. The van der Waals surface area contributed by atoms with Gasteiger partial charge in [-0.05, 0) is 24.1 Å². The van der Waals surface area contributed by atoms with Crippen LogP contribution in [0.2, 0.25) is 0 Å². The first-order valence-corrected chi connectivity index (χ1v) is 7.44. The zero-order chi connectivity index (χ0) is 14.3. The molecule has 0 spiro atoms. The molecule has 4 nitrogen and oxygen atoms in total. The van der Waals surface area contributed by atoms with Crippen LogP contribution >= 0.6 is 11.3 Å². The number of aromatic nitrogens is 1. The molecule has 1 atom stereocenters. The minimum absolute atomic E-state index is 0.331. The van der Waals surface area contributed by atoms with E-state index < -0.39 is 0 Å². The number of rotatable bonds is 1. The van der Waals surface area contributed by atoms with E-state index in [9.17, 15) is 5.26 Å². The van der Waals surface area contributed by atoms with E-state index in [0.29, 0.717) is 17.3 Å². The Bertz CT molecular complexity index is 685. The summed E-state index contributed by atoms with van der Waals surface area (Å²) in [5.74, 6) is 0.684. The van der Waals surface area contributed by atoms with E-state index in [1.165, 1.54) is 0 Å². The predicted octanol–water partition coefficient (Wildman–Crippen LogP) is 2.81. The number of likely N-dealkylation sites (N-methyl/N-ethyl adjacent to an activating group) is 1. The second-order valence-electron chi connectivity index (χ2n) is 5.30. The van der Waals surface area contributed by atoms with Crippen molar-refractivity contribution in [1.29, 1.82) is 5.26 Å². The van der Waals surface area contributed by atoms with Crippen LogP contribution < -0.4 is 5.73 Å². The number of hydrogen-bond donors (Lipinski definition) is 1. The second kappa shape index (κ2) is 4.89. The Morgan fingerprint density at radius 3 is 3.00 bits per heavy atom. The van der Waals surface area contributed by atoms with Crippen LogP contribution in [0.25, 0.3) is 10.4 Å². The summed E-state index contributed by atoms with van der Waals surface area (Å²) in [6.45, 7) is 3.94. The summed E-state index contributed by atoms with van der Waals surface area (Å²) in [4.78, 5) is 7.86. The molecule has 1 unspecified atom stereocenters. The third-order valence-electron chi connectivity index (χ3n) is 3.72. The van der Waals surface area contributed by atoms with Crippen LogP contribution in [0, 0.1) is 11.3 Å². The number of thiophene rings is 1. The summed E-state index contributed by atoms with van der Waals surface area (Å²) in [7, 11) is 2.10. The maximum atomic E-state index is 9.45. The average molecular weight is 284 g/mol. The van der Waals surface area contributed by atoms with E-state index in [4.69, 9.17) is 5.73 Å². The van der Waals surface area contributed by atoms with E-state index in [0.717, 1.165) is 34.8 Å². The summed E-state index contributed by atoms with van der Waals surface area (Å²) in [5.41, 5.74) is 9.70. The van der Waals surface area contributed by atoms with Gasteiger partial charge in [0.05, 0.1) is 5.69 Å². The number of nitrogens with two attached hydrogens (primary N) is 1. The number of nitriles is 1. The lowest BCUT2D eigenvalue weighted by Crippen LogP contribution is -2.31. The first-order valence-electron chi connectivity index (χ1n) is 6.56. The van der Waals surface area contributed by atoms with Crippen LogP contribution in [0.15, 0.2) is 17.5 Å². The molecule has 1 aliphatic heterocycles. The lowest BCUT2D eigenvalue weighted by Gasteiger charge is -2.31. The largest absolute Gasteiger partial charge is 0.383 e. The van der Waals surface area contributed by atoms with Gasteiger partial charge in [-0.1, -0.05) is 13.0 Å². The van der Waals surface area contributed by atoms with Crippen molar-refractivity contribution in [2.24, 2.45) is 0 Å². The van der Waals surface area contributed by atoms with Crippen molar-refractivity contribution < 1.29 is 0 Å². The highest BCUT2D eigenvalue weighted by Crippen LogP contribution is 2.39. The molecule has 5 heteroatoms. The van der Waals surface area contributed by atoms with E-state index >= 15 is 0 Å². The number of fused-ring (bicyclic) bond motifs is 1. The van der Waals surface area contributed by atoms with Crippen LogP contribution in [0.4, 0.5) is 5.82 Å². The highest BCUT2D eigenvalue weighted by Gasteiger charge is 2.28. The van der Waals surface area contributed by atoms with E-state index in [-0.39, 0.29) is 0 Å². The number of pyridine rings is 1. The van der Waals surface area contributed by atoms with Gasteiger partial charge in [0.2, 0.25) is 0 Å². The maximum absolute atomic E-state index is 9.45. The number of nitrogen functional groups attached to an aromatic ring is 1. The fourth-order valence-corrected chi connectivity index (χ4v) is 3.73. The highest BCUT2D eigenvalue weighted by molar-refractivity contribution is 7.13. The Morgan fingerprint density at radius 1 is 1.55 bits per heavy atom. The quantitative estimate of drug-likeness (QED) is 0.874. The minimum Gasteiger partial charge on any atom is -0.383 e. The van der Waals surface area contributed by atoms with Gasteiger partial charge in [0.15, 0.2) is 0 Å². The number of anilines is 1. The molecule has 0 amide bonds. The Kier molecular flexibility index (Phi) is 3.20. The highest BCUT2D eigenvalue weighted by atomic mass is 32.1. The topological polar surface area (TPSA) is 65.9 Å². The van der Waals surface area contributed by atoms with Crippen LogP contribution in [-0.2, 0) is 6.54 Å². The monoisotopic (exact) mass is 284 g/mol. The summed E-state index contributed by atoms with van der Waals surface area (Å²) in [6.07, 6.45) is 0. The molecule has 2 aromatic rings. The van der Waals surface area contributed by atoms with Crippen LogP contribution in [0.1, 0.15) is 29.7 Å². The van der Waals surface area contributed by atoms with Gasteiger partial charge in [-0.15, -0.1) is 11.3 Å². The number of hydrogen-bond acceptors (Lipinski definition) is 5. The first-order chi connectivity index (χ1) is 9.61. The lowest BCUT2D eigenvalue weighted by molar-refractivity contribution is 0.285. The minimum atomic E-state index is 0.331. The zero-order valence-corrected chi connectivity index (χ0v) is 12.4. The molecule has 0 bridgehead atoms. The molecule has 0 fully saturated rings. The SMILES string of the molecule is CC1CN(C)Cc2c1nc(N)c(C#N)c2-c1cccs1. The summed E-state index contributed by atoms with van der Waals surface area (Å²) in [5, 5.41) is 11.5. The summed E-state index contributed by atoms with van der Waals surface area (Å²) in [6, 6.07) is 6.27. The van der Waals surface area contributed by atoms with Gasteiger partial charge in [0.1, 0.15) is 17.5 Å². The molecule has 0 saturated heterocycles. The molecule has 20 heavy (non-hydrogen) atoms. The molecule has 102 valence electrons. The van der Waals surface area contributed by atoms with Crippen LogP contribution in [0.3, 0.4) is 0 Å². The third kappa shape index (κ3) is 1.98. The number of nitrogens with zero attached hydrogens (tertiary/aromatic N) is 3. The van der Waals surface area contributed by atoms with Crippen LogP contribution in [0.5, 0.6) is 0 Å². The third-order valence-corrected chi connectivity index (χ3v) is 4.61. The lowest BCUT2D eigenvalue weighted by atomic mass is 9.90. The van der Waals surface area contributed by atoms with Crippen molar-refractivity contribution in [3.05, 3.63) is 34.3 Å². The smallest absolute Gasteiger partial charge is 0.142 e. The first kappa shape index (κ1) is 13.1. The predicted molar refractivity (Wildman–Crippen MR) is 81.4 cm³/mol. The molecule has 1 aliphatic rings. The van der Waals surface area contributed by atoms with Crippen molar-refractivity contribution >= 4 is 17.2 Å². The van der Waals surface area contributed by atoms with Crippen molar-refractivity contribution in [3.8, 4) is 16.5 Å². The van der Waals surface area contributed by atoms with E-state index in [1.807, 2.05) is 17.5 Å².